The first-order valence-corrected chi connectivity index (χ1v) is 7.96. The number of nitrogens with one attached hydrogen (secondary N) is 1. The maximum absolute atomic E-state index is 12.5. The van der Waals surface area contributed by atoms with E-state index < -0.39 is 10.0 Å². The van der Waals surface area contributed by atoms with E-state index in [1.807, 2.05) is 19.2 Å². The molecule has 0 saturated heterocycles. The lowest BCUT2D eigenvalue weighted by molar-refractivity contribution is 0.234. The highest BCUT2D eigenvalue weighted by molar-refractivity contribution is 7.89. The maximum Gasteiger partial charge on any atom is 0.243 e. The molecule has 0 unspecified atom stereocenters. The Morgan fingerprint density at radius 3 is 2.47 bits per heavy atom. The highest BCUT2D eigenvalue weighted by Gasteiger charge is 2.37. The number of benzene rings is 1. The zero-order valence-electron chi connectivity index (χ0n) is 12.0. The van der Waals surface area contributed by atoms with Gasteiger partial charge in [-0.1, -0.05) is 39.0 Å². The van der Waals surface area contributed by atoms with Crippen LogP contribution in [-0.4, -0.2) is 32.4 Å². The quantitative estimate of drug-likeness (QED) is 0.920. The first kappa shape index (κ1) is 14.5. The number of sulfonamides is 1. The van der Waals surface area contributed by atoms with Crippen LogP contribution in [0.25, 0.3) is 0 Å². The van der Waals surface area contributed by atoms with Crippen LogP contribution in [0.3, 0.4) is 0 Å². The predicted molar refractivity (Wildman–Crippen MR) is 76.3 cm³/mol. The van der Waals surface area contributed by atoms with Crippen molar-refractivity contribution in [3.8, 4) is 0 Å². The van der Waals surface area contributed by atoms with Crippen LogP contribution in [-0.2, 0) is 16.6 Å². The van der Waals surface area contributed by atoms with Crippen LogP contribution in [0, 0.1) is 5.41 Å². The van der Waals surface area contributed by atoms with E-state index in [0.717, 1.165) is 5.56 Å². The Labute approximate surface area is 115 Å². The second-order valence-electron chi connectivity index (χ2n) is 6.11. The first-order valence-electron chi connectivity index (χ1n) is 6.52. The summed E-state index contributed by atoms with van der Waals surface area (Å²) >= 11 is 0. The average Bonchev–Trinajstić information content (AvgIpc) is 2.57. The smallest absolute Gasteiger partial charge is 0.243 e. The summed E-state index contributed by atoms with van der Waals surface area (Å²) in [6.07, 6.45) is 0. The lowest BCUT2D eigenvalue weighted by Crippen LogP contribution is -2.47. The van der Waals surface area contributed by atoms with Crippen LogP contribution >= 0.6 is 0 Å². The van der Waals surface area contributed by atoms with E-state index in [1.54, 1.807) is 16.4 Å². The van der Waals surface area contributed by atoms with Crippen LogP contribution in [0.1, 0.15) is 26.3 Å². The molecule has 0 amide bonds. The number of likely N-dealkylation sites (N-methyl/N-ethyl adjacent to an activating group) is 1. The molecule has 1 aromatic rings. The summed E-state index contributed by atoms with van der Waals surface area (Å²) < 4.78 is 26.5. The molecular weight excluding hydrogens is 260 g/mol. The Bertz CT molecular complexity index is 561. The van der Waals surface area contributed by atoms with Crippen molar-refractivity contribution in [2.24, 2.45) is 5.41 Å². The van der Waals surface area contributed by atoms with E-state index in [-0.39, 0.29) is 11.5 Å². The van der Waals surface area contributed by atoms with Gasteiger partial charge in [0, 0.05) is 19.1 Å². The Morgan fingerprint density at radius 2 is 1.95 bits per heavy atom. The number of fused-ring (bicyclic) bond motifs is 1. The predicted octanol–water partition coefficient (Wildman–Crippen LogP) is 1.82. The zero-order valence-corrected chi connectivity index (χ0v) is 12.8. The molecule has 0 aliphatic carbocycles. The molecule has 0 saturated carbocycles. The normalized spacial score (nSPS) is 20.2. The second-order valence-corrected chi connectivity index (χ2v) is 8.02. The molecule has 5 heteroatoms. The van der Waals surface area contributed by atoms with Crippen molar-refractivity contribution < 1.29 is 8.42 Å². The molecule has 1 heterocycles. The van der Waals surface area contributed by atoms with Crippen molar-refractivity contribution in [2.45, 2.75) is 38.3 Å². The Hall–Kier alpha value is -0.910. The van der Waals surface area contributed by atoms with E-state index >= 15 is 0 Å². The number of hydrogen-bond donors (Lipinski definition) is 1. The Morgan fingerprint density at radius 1 is 1.32 bits per heavy atom. The van der Waals surface area contributed by atoms with Crippen molar-refractivity contribution in [1.82, 2.24) is 9.62 Å². The summed E-state index contributed by atoms with van der Waals surface area (Å²) in [6.45, 7) is 7.32. The highest BCUT2D eigenvalue weighted by atomic mass is 32.2. The van der Waals surface area contributed by atoms with Gasteiger partial charge in [-0.25, -0.2) is 8.42 Å². The van der Waals surface area contributed by atoms with Gasteiger partial charge in [0.15, 0.2) is 0 Å². The van der Waals surface area contributed by atoms with Gasteiger partial charge in [-0.05, 0) is 24.1 Å². The SMILES string of the molecule is CN[C@H](CN1Cc2ccccc2S1(=O)=O)C(C)(C)C. The summed E-state index contributed by atoms with van der Waals surface area (Å²) in [5.74, 6) is 0. The van der Waals surface area contributed by atoms with E-state index in [4.69, 9.17) is 0 Å². The lowest BCUT2D eigenvalue weighted by Gasteiger charge is -2.33. The Balaban J connectivity index is 2.26. The molecule has 1 aromatic carbocycles. The maximum atomic E-state index is 12.5. The minimum absolute atomic E-state index is 0.0129. The average molecular weight is 282 g/mol. The highest BCUT2D eigenvalue weighted by Crippen LogP contribution is 2.31. The summed E-state index contributed by atoms with van der Waals surface area (Å²) in [7, 11) is -1.44. The summed E-state index contributed by atoms with van der Waals surface area (Å²) in [5.41, 5.74) is 0.908. The largest absolute Gasteiger partial charge is 0.315 e. The monoisotopic (exact) mass is 282 g/mol. The van der Waals surface area contributed by atoms with E-state index in [1.165, 1.54) is 0 Å². The van der Waals surface area contributed by atoms with Crippen molar-refractivity contribution in [1.29, 1.82) is 0 Å². The molecule has 0 fully saturated rings. The topological polar surface area (TPSA) is 49.4 Å². The third-order valence-electron chi connectivity index (χ3n) is 3.72. The molecule has 0 spiro atoms. The molecule has 1 aliphatic heterocycles. The van der Waals surface area contributed by atoms with Gasteiger partial charge in [-0.15, -0.1) is 0 Å². The number of nitrogens with zero attached hydrogens (tertiary/aromatic N) is 1. The van der Waals surface area contributed by atoms with Crippen LogP contribution < -0.4 is 5.32 Å². The fourth-order valence-electron chi connectivity index (χ4n) is 2.46. The number of rotatable bonds is 3. The van der Waals surface area contributed by atoms with Gasteiger partial charge in [-0.2, -0.15) is 4.31 Å². The third-order valence-corrected chi connectivity index (χ3v) is 5.63. The van der Waals surface area contributed by atoms with E-state index in [9.17, 15) is 8.42 Å². The summed E-state index contributed by atoms with van der Waals surface area (Å²) in [6, 6.07) is 7.36. The molecule has 1 aliphatic rings. The van der Waals surface area contributed by atoms with Gasteiger partial charge < -0.3 is 5.32 Å². The van der Waals surface area contributed by atoms with Crippen molar-refractivity contribution in [3.05, 3.63) is 29.8 Å². The van der Waals surface area contributed by atoms with Gasteiger partial charge in [0.2, 0.25) is 10.0 Å². The molecule has 1 N–H and O–H groups in total. The van der Waals surface area contributed by atoms with Crippen LogP contribution in [0.5, 0.6) is 0 Å². The number of hydrogen-bond acceptors (Lipinski definition) is 3. The fraction of sp³-hybridized carbons (Fsp3) is 0.571. The van der Waals surface area contributed by atoms with Gasteiger partial charge in [-0.3, -0.25) is 0 Å². The van der Waals surface area contributed by atoms with Crippen molar-refractivity contribution >= 4 is 10.0 Å². The molecule has 4 nitrogen and oxygen atoms in total. The minimum atomic E-state index is -3.32. The zero-order chi connectivity index (χ0) is 14.3. The van der Waals surface area contributed by atoms with E-state index in [0.29, 0.717) is 18.0 Å². The van der Waals surface area contributed by atoms with Gasteiger partial charge in [0.25, 0.3) is 0 Å². The van der Waals surface area contributed by atoms with Gasteiger partial charge >= 0.3 is 0 Å². The van der Waals surface area contributed by atoms with Gasteiger partial charge in [0.05, 0.1) is 4.90 Å². The molecule has 1 atom stereocenters. The Kier molecular flexibility index (Phi) is 3.73. The molecular formula is C14H22N2O2S. The van der Waals surface area contributed by atoms with Crippen LogP contribution in [0.2, 0.25) is 0 Å². The standard InChI is InChI=1S/C14H22N2O2S/c1-14(2,3)13(15-4)10-16-9-11-7-5-6-8-12(11)19(16,17)18/h5-8,13,15H,9-10H2,1-4H3/t13-/m1/s1. The summed E-state index contributed by atoms with van der Waals surface area (Å²) in [5, 5.41) is 3.23. The fourth-order valence-corrected chi connectivity index (χ4v) is 4.11. The first-order chi connectivity index (χ1) is 8.76. The summed E-state index contributed by atoms with van der Waals surface area (Å²) in [4.78, 5) is 0.457. The van der Waals surface area contributed by atoms with Crippen molar-refractivity contribution in [3.63, 3.8) is 0 Å². The molecule has 2 rings (SSSR count). The molecule has 0 radical (unpaired) electrons. The third kappa shape index (κ3) is 2.68. The molecule has 0 bridgehead atoms. The molecule has 19 heavy (non-hydrogen) atoms. The van der Waals surface area contributed by atoms with Gasteiger partial charge in [0.1, 0.15) is 0 Å². The minimum Gasteiger partial charge on any atom is -0.315 e. The lowest BCUT2D eigenvalue weighted by atomic mass is 9.87. The second kappa shape index (κ2) is 4.89. The molecule has 0 aromatic heterocycles. The van der Waals surface area contributed by atoms with Crippen LogP contribution in [0.4, 0.5) is 0 Å². The molecule has 106 valence electrons. The van der Waals surface area contributed by atoms with E-state index in [2.05, 4.69) is 26.1 Å². The van der Waals surface area contributed by atoms with Crippen molar-refractivity contribution in [2.75, 3.05) is 13.6 Å². The van der Waals surface area contributed by atoms with Crippen LogP contribution in [0.15, 0.2) is 29.2 Å².